The zero-order valence-electron chi connectivity index (χ0n) is 8.89. The van der Waals surface area contributed by atoms with Crippen LogP contribution in [-0.2, 0) is 4.79 Å². The molecular weight excluding hydrogens is 164 g/mol. The minimum Gasteiger partial charge on any atom is -0.341 e. The van der Waals surface area contributed by atoms with Gasteiger partial charge in [0.25, 0.3) is 0 Å². The molecule has 1 amide bonds. The minimum atomic E-state index is -0.405. The molecule has 1 rings (SSSR count). The average molecular weight is 184 g/mol. The Kier molecular flexibility index (Phi) is 3.31. The lowest BCUT2D eigenvalue weighted by atomic mass is 10.0. The molecule has 1 aliphatic rings. The summed E-state index contributed by atoms with van der Waals surface area (Å²) in [7, 11) is 1.84. The molecule has 0 saturated carbocycles. The molecular formula is C10H20N2O. The number of nitrogens with zero attached hydrogens (tertiary/aromatic N) is 1. The van der Waals surface area contributed by atoms with Crippen molar-refractivity contribution in [1.29, 1.82) is 0 Å². The third kappa shape index (κ3) is 2.44. The fourth-order valence-corrected chi connectivity index (χ4v) is 1.60. The predicted octanol–water partition coefficient (Wildman–Crippen LogP) is 0.997. The van der Waals surface area contributed by atoms with Crippen molar-refractivity contribution >= 4 is 5.91 Å². The molecule has 3 nitrogen and oxygen atoms in total. The molecule has 1 saturated heterocycles. The van der Waals surface area contributed by atoms with Gasteiger partial charge in [0.1, 0.15) is 0 Å². The number of carbonyl (C=O) groups is 1. The fourth-order valence-electron chi connectivity index (χ4n) is 1.60. The number of likely N-dealkylation sites (tertiary alicyclic amines) is 1. The molecule has 0 aromatic carbocycles. The molecule has 0 aromatic rings. The Morgan fingerprint density at radius 3 is 2.23 bits per heavy atom. The van der Waals surface area contributed by atoms with Crippen molar-refractivity contribution in [2.75, 3.05) is 20.1 Å². The number of amides is 1. The molecule has 1 N–H and O–H groups in total. The van der Waals surface area contributed by atoms with Crippen LogP contribution in [0.25, 0.3) is 0 Å². The van der Waals surface area contributed by atoms with E-state index in [1.165, 1.54) is 6.42 Å². The van der Waals surface area contributed by atoms with E-state index < -0.39 is 5.54 Å². The summed E-state index contributed by atoms with van der Waals surface area (Å²) in [5.74, 6) is 0.231. The van der Waals surface area contributed by atoms with Gasteiger partial charge in [0.15, 0.2) is 0 Å². The number of nitrogens with one attached hydrogen (secondary N) is 1. The third-order valence-corrected chi connectivity index (χ3v) is 2.80. The van der Waals surface area contributed by atoms with Crippen LogP contribution in [0.3, 0.4) is 0 Å². The van der Waals surface area contributed by atoms with Crippen LogP contribution >= 0.6 is 0 Å². The Hall–Kier alpha value is -0.570. The number of rotatable bonds is 2. The van der Waals surface area contributed by atoms with Crippen LogP contribution in [0, 0.1) is 0 Å². The molecule has 3 heteroatoms. The Balaban J connectivity index is 2.55. The van der Waals surface area contributed by atoms with E-state index in [1.54, 1.807) is 0 Å². The Morgan fingerprint density at radius 2 is 1.77 bits per heavy atom. The number of hydrogen-bond donors (Lipinski definition) is 1. The highest BCUT2D eigenvalue weighted by atomic mass is 16.2. The van der Waals surface area contributed by atoms with Crippen LogP contribution in [0.5, 0.6) is 0 Å². The van der Waals surface area contributed by atoms with E-state index in [9.17, 15) is 4.79 Å². The van der Waals surface area contributed by atoms with Gasteiger partial charge in [-0.05, 0) is 40.2 Å². The summed E-state index contributed by atoms with van der Waals surface area (Å²) in [6.07, 6.45) is 3.58. The second-order valence-electron chi connectivity index (χ2n) is 4.23. The van der Waals surface area contributed by atoms with Crippen molar-refractivity contribution in [1.82, 2.24) is 10.2 Å². The molecule has 0 aromatic heterocycles. The minimum absolute atomic E-state index is 0.231. The summed E-state index contributed by atoms with van der Waals surface area (Å²) in [6.45, 7) is 5.74. The maximum Gasteiger partial charge on any atom is 0.242 e. The van der Waals surface area contributed by atoms with E-state index in [2.05, 4.69) is 5.32 Å². The van der Waals surface area contributed by atoms with Crippen molar-refractivity contribution in [3.8, 4) is 0 Å². The van der Waals surface area contributed by atoms with Crippen LogP contribution in [0.4, 0.5) is 0 Å². The van der Waals surface area contributed by atoms with Gasteiger partial charge < -0.3 is 10.2 Å². The summed E-state index contributed by atoms with van der Waals surface area (Å²) >= 11 is 0. The van der Waals surface area contributed by atoms with Crippen LogP contribution in [0.1, 0.15) is 33.1 Å². The van der Waals surface area contributed by atoms with E-state index >= 15 is 0 Å². The van der Waals surface area contributed by atoms with Gasteiger partial charge >= 0.3 is 0 Å². The smallest absolute Gasteiger partial charge is 0.242 e. The Morgan fingerprint density at radius 1 is 1.23 bits per heavy atom. The van der Waals surface area contributed by atoms with Crippen LogP contribution in [-0.4, -0.2) is 36.5 Å². The summed E-state index contributed by atoms with van der Waals surface area (Å²) in [5, 5.41) is 3.05. The molecule has 76 valence electrons. The molecule has 1 aliphatic heterocycles. The van der Waals surface area contributed by atoms with Gasteiger partial charge in [0, 0.05) is 13.1 Å². The fraction of sp³-hybridized carbons (Fsp3) is 0.900. The molecule has 0 aliphatic carbocycles. The number of piperidine rings is 1. The molecule has 0 bridgehead atoms. The van der Waals surface area contributed by atoms with E-state index in [0.29, 0.717) is 0 Å². The molecule has 1 fully saturated rings. The first-order valence-electron chi connectivity index (χ1n) is 5.06. The van der Waals surface area contributed by atoms with Gasteiger partial charge in [-0.2, -0.15) is 0 Å². The van der Waals surface area contributed by atoms with E-state index in [-0.39, 0.29) is 5.91 Å². The van der Waals surface area contributed by atoms with Gasteiger partial charge in [-0.15, -0.1) is 0 Å². The topological polar surface area (TPSA) is 32.3 Å². The van der Waals surface area contributed by atoms with Gasteiger partial charge in [0.05, 0.1) is 5.54 Å². The SMILES string of the molecule is CNC(C)(C)C(=O)N1CCCCC1. The molecule has 0 atom stereocenters. The molecule has 0 unspecified atom stereocenters. The molecule has 0 radical (unpaired) electrons. The lowest BCUT2D eigenvalue weighted by Crippen LogP contribution is -2.53. The second kappa shape index (κ2) is 4.09. The van der Waals surface area contributed by atoms with Gasteiger partial charge in [0.2, 0.25) is 5.91 Å². The summed E-state index contributed by atoms with van der Waals surface area (Å²) < 4.78 is 0. The third-order valence-electron chi connectivity index (χ3n) is 2.80. The van der Waals surface area contributed by atoms with E-state index in [1.807, 2.05) is 25.8 Å². The molecule has 0 spiro atoms. The van der Waals surface area contributed by atoms with Crippen LogP contribution in [0.15, 0.2) is 0 Å². The monoisotopic (exact) mass is 184 g/mol. The summed E-state index contributed by atoms with van der Waals surface area (Å²) in [6, 6.07) is 0. The van der Waals surface area contributed by atoms with E-state index in [4.69, 9.17) is 0 Å². The normalized spacial score (nSPS) is 18.8. The van der Waals surface area contributed by atoms with Crippen molar-refractivity contribution < 1.29 is 4.79 Å². The summed E-state index contributed by atoms with van der Waals surface area (Å²) in [4.78, 5) is 13.9. The molecule has 1 heterocycles. The van der Waals surface area contributed by atoms with Crippen molar-refractivity contribution in [3.05, 3.63) is 0 Å². The highest BCUT2D eigenvalue weighted by Crippen LogP contribution is 2.14. The van der Waals surface area contributed by atoms with E-state index in [0.717, 1.165) is 25.9 Å². The van der Waals surface area contributed by atoms with Crippen LogP contribution in [0.2, 0.25) is 0 Å². The lowest BCUT2D eigenvalue weighted by Gasteiger charge is -2.34. The maximum absolute atomic E-state index is 11.9. The van der Waals surface area contributed by atoms with Gasteiger partial charge in [-0.1, -0.05) is 0 Å². The number of likely N-dealkylation sites (N-methyl/N-ethyl adjacent to an activating group) is 1. The highest BCUT2D eigenvalue weighted by molar-refractivity contribution is 5.85. The first kappa shape index (κ1) is 10.5. The summed E-state index contributed by atoms with van der Waals surface area (Å²) in [5.41, 5.74) is -0.405. The maximum atomic E-state index is 11.9. The first-order valence-corrected chi connectivity index (χ1v) is 5.06. The zero-order chi connectivity index (χ0) is 9.90. The van der Waals surface area contributed by atoms with Gasteiger partial charge in [-0.25, -0.2) is 0 Å². The van der Waals surface area contributed by atoms with Crippen molar-refractivity contribution in [3.63, 3.8) is 0 Å². The molecule has 13 heavy (non-hydrogen) atoms. The van der Waals surface area contributed by atoms with Crippen molar-refractivity contribution in [2.45, 2.75) is 38.6 Å². The standard InChI is InChI=1S/C10H20N2O/c1-10(2,11-3)9(13)12-7-5-4-6-8-12/h11H,4-8H2,1-3H3. The van der Waals surface area contributed by atoms with Gasteiger partial charge in [-0.3, -0.25) is 4.79 Å². The predicted molar refractivity (Wildman–Crippen MR) is 53.6 cm³/mol. The first-order chi connectivity index (χ1) is 6.08. The largest absolute Gasteiger partial charge is 0.341 e. The van der Waals surface area contributed by atoms with Crippen molar-refractivity contribution in [2.24, 2.45) is 0 Å². The highest BCUT2D eigenvalue weighted by Gasteiger charge is 2.30. The lowest BCUT2D eigenvalue weighted by molar-refractivity contribution is -0.137. The zero-order valence-corrected chi connectivity index (χ0v) is 8.89. The Labute approximate surface area is 80.5 Å². The quantitative estimate of drug-likeness (QED) is 0.694. The van der Waals surface area contributed by atoms with Crippen LogP contribution < -0.4 is 5.32 Å². The Bertz CT molecular complexity index is 183. The second-order valence-corrected chi connectivity index (χ2v) is 4.23. The number of carbonyl (C=O) groups excluding carboxylic acids is 1. The number of hydrogen-bond acceptors (Lipinski definition) is 2. The average Bonchev–Trinajstić information content (AvgIpc) is 2.18.